The van der Waals surface area contributed by atoms with E-state index in [9.17, 15) is 14.4 Å². The van der Waals surface area contributed by atoms with Crippen LogP contribution in [0.25, 0.3) is 6.08 Å². The highest BCUT2D eigenvalue weighted by atomic mass is 32.2. The number of benzene rings is 4. The summed E-state index contributed by atoms with van der Waals surface area (Å²) in [4.78, 5) is 40.6. The third kappa shape index (κ3) is 8.84. The van der Waals surface area contributed by atoms with Crippen LogP contribution in [0.5, 0.6) is 5.75 Å². The zero-order chi connectivity index (χ0) is 31.5. The molecule has 4 rings (SSSR count). The normalized spacial score (nSPS) is 11.8. The van der Waals surface area contributed by atoms with Crippen LogP contribution in [0, 0.1) is 13.8 Å². The van der Waals surface area contributed by atoms with Gasteiger partial charge in [0, 0.05) is 27.4 Å². The molecule has 7 nitrogen and oxygen atoms in total. The minimum atomic E-state index is -0.498. The number of carbonyl (C=O) groups excluding carboxylic acids is 3. The number of amides is 3. The number of thioether (sulfide) groups is 1. The lowest BCUT2D eigenvalue weighted by Crippen LogP contribution is -2.30. The SMILES string of the molecule is CCOc1ccccc1/C=C(/NC(=O)c1ccccc1)C(=O)Nc1cccc(SC(CC)C(=O)Nc2ccc(C)cc2C)c1. The predicted molar refractivity (Wildman–Crippen MR) is 179 cm³/mol. The van der Waals surface area contributed by atoms with Crippen molar-refractivity contribution in [2.45, 2.75) is 44.3 Å². The van der Waals surface area contributed by atoms with Crippen LogP contribution in [0.2, 0.25) is 0 Å². The van der Waals surface area contributed by atoms with Crippen LogP contribution in [0.3, 0.4) is 0 Å². The molecule has 1 unspecified atom stereocenters. The van der Waals surface area contributed by atoms with Gasteiger partial charge in [-0.05, 0) is 81.3 Å². The van der Waals surface area contributed by atoms with Gasteiger partial charge >= 0.3 is 0 Å². The van der Waals surface area contributed by atoms with Gasteiger partial charge in [0.15, 0.2) is 0 Å². The predicted octanol–water partition coefficient (Wildman–Crippen LogP) is 7.62. The zero-order valence-corrected chi connectivity index (χ0v) is 26.2. The monoisotopic (exact) mass is 607 g/mol. The summed E-state index contributed by atoms with van der Waals surface area (Å²) in [6, 6.07) is 29.3. The molecule has 3 amide bonds. The van der Waals surface area contributed by atoms with Crippen molar-refractivity contribution >= 4 is 46.9 Å². The lowest BCUT2D eigenvalue weighted by atomic mass is 10.1. The van der Waals surface area contributed by atoms with Crippen molar-refractivity contribution in [1.29, 1.82) is 0 Å². The van der Waals surface area contributed by atoms with Crippen LogP contribution < -0.4 is 20.7 Å². The van der Waals surface area contributed by atoms with Gasteiger partial charge in [-0.3, -0.25) is 14.4 Å². The van der Waals surface area contributed by atoms with Gasteiger partial charge in [0.1, 0.15) is 11.4 Å². The number of hydrogen-bond acceptors (Lipinski definition) is 5. The largest absolute Gasteiger partial charge is 0.493 e. The van der Waals surface area contributed by atoms with Gasteiger partial charge < -0.3 is 20.7 Å². The molecule has 0 aliphatic heterocycles. The molecule has 3 N–H and O–H groups in total. The molecule has 0 aliphatic rings. The first-order chi connectivity index (χ1) is 21.3. The third-order valence-electron chi connectivity index (χ3n) is 6.72. The molecule has 0 saturated carbocycles. The minimum Gasteiger partial charge on any atom is -0.493 e. The second-order valence-corrected chi connectivity index (χ2v) is 11.4. The summed E-state index contributed by atoms with van der Waals surface area (Å²) < 4.78 is 5.73. The second-order valence-electron chi connectivity index (χ2n) is 10.2. The lowest BCUT2D eigenvalue weighted by Gasteiger charge is -2.17. The van der Waals surface area contributed by atoms with Crippen LogP contribution in [0.4, 0.5) is 11.4 Å². The molecule has 0 spiro atoms. The number of para-hydroxylation sites is 1. The van der Waals surface area contributed by atoms with Crippen molar-refractivity contribution in [3.05, 3.63) is 125 Å². The Morgan fingerprint density at radius 3 is 2.32 bits per heavy atom. The van der Waals surface area contributed by atoms with E-state index in [2.05, 4.69) is 16.0 Å². The van der Waals surface area contributed by atoms with Gasteiger partial charge in [-0.25, -0.2) is 0 Å². The standard InChI is InChI=1S/C36H37N3O4S/c1-5-33(36(42)38-30-20-19-24(3)21-25(30)4)44-29-17-12-16-28(23-29)37-35(41)31(39-34(40)26-13-8-7-9-14-26)22-27-15-10-11-18-32(27)43-6-2/h7-23,33H,5-6H2,1-4H3,(H,37,41)(H,38,42)(H,39,40)/b31-22+. The maximum Gasteiger partial charge on any atom is 0.272 e. The second kappa shape index (κ2) is 15.6. The number of hydrogen-bond donors (Lipinski definition) is 3. The van der Waals surface area contributed by atoms with Crippen molar-refractivity contribution in [1.82, 2.24) is 5.32 Å². The Morgan fingerprint density at radius 1 is 0.841 bits per heavy atom. The Balaban J connectivity index is 1.53. The first kappa shape index (κ1) is 32.1. The Bertz CT molecular complexity index is 1650. The quantitative estimate of drug-likeness (QED) is 0.114. The summed E-state index contributed by atoms with van der Waals surface area (Å²) in [5.74, 6) is -0.397. The van der Waals surface area contributed by atoms with E-state index in [0.29, 0.717) is 35.6 Å². The highest BCUT2D eigenvalue weighted by molar-refractivity contribution is 8.00. The van der Waals surface area contributed by atoms with Crippen molar-refractivity contribution in [2.75, 3.05) is 17.2 Å². The van der Waals surface area contributed by atoms with E-state index < -0.39 is 11.8 Å². The Morgan fingerprint density at radius 2 is 1.59 bits per heavy atom. The van der Waals surface area contributed by atoms with Crippen LogP contribution in [0.1, 0.15) is 47.3 Å². The Kier molecular flexibility index (Phi) is 11.4. The highest BCUT2D eigenvalue weighted by Gasteiger charge is 2.20. The topological polar surface area (TPSA) is 96.5 Å². The highest BCUT2D eigenvalue weighted by Crippen LogP contribution is 2.29. The smallest absolute Gasteiger partial charge is 0.272 e. The van der Waals surface area contributed by atoms with Crippen molar-refractivity contribution < 1.29 is 19.1 Å². The van der Waals surface area contributed by atoms with Gasteiger partial charge in [0.25, 0.3) is 11.8 Å². The number of rotatable bonds is 12. The summed E-state index contributed by atoms with van der Waals surface area (Å²) in [5, 5.41) is 8.39. The molecule has 4 aromatic rings. The van der Waals surface area contributed by atoms with Gasteiger partial charge in [-0.15, -0.1) is 11.8 Å². The summed E-state index contributed by atoms with van der Waals surface area (Å²) in [5.41, 5.74) is 4.60. The van der Waals surface area contributed by atoms with E-state index in [1.807, 2.05) is 94.4 Å². The molecule has 0 saturated heterocycles. The molecule has 1 atom stereocenters. The molecule has 226 valence electrons. The molecule has 0 fully saturated rings. The van der Waals surface area contributed by atoms with Crippen LogP contribution >= 0.6 is 11.8 Å². The molecule has 44 heavy (non-hydrogen) atoms. The Hall–Kier alpha value is -4.82. The summed E-state index contributed by atoms with van der Waals surface area (Å²) in [7, 11) is 0. The van der Waals surface area contributed by atoms with Crippen LogP contribution in [0.15, 0.2) is 108 Å². The molecule has 0 heterocycles. The fourth-order valence-electron chi connectivity index (χ4n) is 4.48. The molecular weight excluding hydrogens is 570 g/mol. The van der Waals surface area contributed by atoms with E-state index in [-0.39, 0.29) is 16.9 Å². The molecule has 0 bridgehead atoms. The zero-order valence-electron chi connectivity index (χ0n) is 25.3. The van der Waals surface area contributed by atoms with Gasteiger partial charge in [-0.2, -0.15) is 0 Å². The van der Waals surface area contributed by atoms with Crippen molar-refractivity contribution in [3.63, 3.8) is 0 Å². The third-order valence-corrected chi connectivity index (χ3v) is 8.08. The first-order valence-electron chi connectivity index (χ1n) is 14.5. The van der Waals surface area contributed by atoms with E-state index in [1.165, 1.54) is 11.8 Å². The van der Waals surface area contributed by atoms with E-state index in [0.717, 1.165) is 21.7 Å². The number of ether oxygens (including phenoxy) is 1. The van der Waals surface area contributed by atoms with E-state index >= 15 is 0 Å². The maximum atomic E-state index is 13.6. The summed E-state index contributed by atoms with van der Waals surface area (Å²) >= 11 is 1.43. The van der Waals surface area contributed by atoms with Crippen molar-refractivity contribution in [3.8, 4) is 5.75 Å². The average molecular weight is 608 g/mol. The molecule has 8 heteroatoms. The van der Waals surface area contributed by atoms with Gasteiger partial charge in [0.2, 0.25) is 5.91 Å². The molecule has 0 aliphatic carbocycles. The maximum absolute atomic E-state index is 13.6. The summed E-state index contributed by atoms with van der Waals surface area (Å²) in [6.45, 7) is 8.30. The van der Waals surface area contributed by atoms with Crippen molar-refractivity contribution in [2.24, 2.45) is 0 Å². The average Bonchev–Trinajstić information content (AvgIpc) is 3.02. The van der Waals surface area contributed by atoms with Crippen LogP contribution in [-0.2, 0) is 9.59 Å². The van der Waals surface area contributed by atoms with E-state index in [1.54, 1.807) is 36.4 Å². The Labute approximate surface area is 263 Å². The number of carbonyl (C=O) groups is 3. The summed E-state index contributed by atoms with van der Waals surface area (Å²) in [6.07, 6.45) is 2.22. The fraction of sp³-hybridized carbons (Fsp3) is 0.194. The number of anilines is 2. The molecular formula is C36H37N3O4S. The number of nitrogens with one attached hydrogen (secondary N) is 3. The number of aryl methyl sites for hydroxylation is 2. The minimum absolute atomic E-state index is 0.0587. The van der Waals surface area contributed by atoms with E-state index in [4.69, 9.17) is 4.74 Å². The molecule has 0 radical (unpaired) electrons. The molecule has 4 aromatic carbocycles. The fourth-order valence-corrected chi connectivity index (χ4v) is 5.50. The lowest BCUT2D eigenvalue weighted by molar-refractivity contribution is -0.116. The van der Waals surface area contributed by atoms with Gasteiger partial charge in [0.05, 0.1) is 11.9 Å². The van der Waals surface area contributed by atoms with Gasteiger partial charge in [-0.1, -0.05) is 67.1 Å². The van der Waals surface area contributed by atoms with Crippen LogP contribution in [-0.4, -0.2) is 29.6 Å². The molecule has 0 aromatic heterocycles. The first-order valence-corrected chi connectivity index (χ1v) is 15.4.